The molecule has 2 rings (SSSR count). The third-order valence-corrected chi connectivity index (χ3v) is 3.28. The molecule has 1 aromatic carbocycles. The van der Waals surface area contributed by atoms with Gasteiger partial charge in [0.2, 0.25) is 0 Å². The molecule has 0 heterocycles. The van der Waals surface area contributed by atoms with Gasteiger partial charge >= 0.3 is 0 Å². The average Bonchev–Trinajstić information content (AvgIpc) is 2.24. The van der Waals surface area contributed by atoms with Gasteiger partial charge in [0, 0.05) is 0 Å². The van der Waals surface area contributed by atoms with Crippen LogP contribution in [0.5, 0.6) is 0 Å². The number of halogens is 2. The van der Waals surface area contributed by atoms with Crippen molar-refractivity contribution in [3.63, 3.8) is 0 Å². The van der Waals surface area contributed by atoms with E-state index in [0.29, 0.717) is 12.0 Å². The molecule has 0 saturated carbocycles. The van der Waals surface area contributed by atoms with Gasteiger partial charge in [0.05, 0.1) is 0 Å². The summed E-state index contributed by atoms with van der Waals surface area (Å²) in [6, 6.07) is 6.96. The van der Waals surface area contributed by atoms with Gasteiger partial charge < -0.3 is 5.11 Å². The van der Waals surface area contributed by atoms with E-state index in [4.69, 9.17) is 0 Å². The second kappa shape index (κ2) is 3.56. The zero-order chi connectivity index (χ0) is 11.1. The highest BCUT2D eigenvalue weighted by Crippen LogP contribution is 2.44. The summed E-state index contributed by atoms with van der Waals surface area (Å²) in [6.45, 7) is 2.00. The van der Waals surface area contributed by atoms with Crippen LogP contribution in [0.2, 0.25) is 0 Å². The van der Waals surface area contributed by atoms with Crippen LogP contribution in [0.1, 0.15) is 36.8 Å². The van der Waals surface area contributed by atoms with Crippen LogP contribution in [-0.2, 0) is 5.60 Å². The molecule has 0 bridgehead atoms. The summed E-state index contributed by atoms with van der Waals surface area (Å²) in [5.74, 6) is 0.250. The maximum atomic E-state index is 12.9. The highest BCUT2D eigenvalue weighted by atomic mass is 19.3. The molecule has 82 valence electrons. The smallest absolute Gasteiger partial charge is 0.270 e. The van der Waals surface area contributed by atoms with Gasteiger partial charge in [-0.3, -0.25) is 0 Å². The SMILES string of the molecule is CC1CCC(O)(C(F)F)c2ccccc21. The fraction of sp³-hybridized carbons (Fsp3) is 0.500. The molecule has 1 aliphatic carbocycles. The van der Waals surface area contributed by atoms with Crippen LogP contribution < -0.4 is 0 Å². The molecule has 0 aromatic heterocycles. The molecular formula is C12H14F2O. The molecule has 1 nitrogen and oxygen atoms in total. The van der Waals surface area contributed by atoms with Crippen LogP contribution in [0, 0.1) is 0 Å². The maximum absolute atomic E-state index is 12.9. The second-order valence-electron chi connectivity index (χ2n) is 4.25. The number of rotatable bonds is 1. The van der Waals surface area contributed by atoms with Gasteiger partial charge in [-0.1, -0.05) is 31.2 Å². The van der Waals surface area contributed by atoms with E-state index in [9.17, 15) is 13.9 Å². The van der Waals surface area contributed by atoms with Crippen molar-refractivity contribution in [1.82, 2.24) is 0 Å². The van der Waals surface area contributed by atoms with E-state index >= 15 is 0 Å². The van der Waals surface area contributed by atoms with Crippen LogP contribution in [0.4, 0.5) is 8.78 Å². The van der Waals surface area contributed by atoms with Crippen LogP contribution in [0.3, 0.4) is 0 Å². The lowest BCUT2D eigenvalue weighted by Gasteiger charge is -2.36. The first kappa shape index (κ1) is 10.6. The summed E-state index contributed by atoms with van der Waals surface area (Å²) in [5, 5.41) is 9.97. The molecule has 1 aliphatic rings. The Bertz CT molecular complexity index is 364. The molecule has 1 aromatic rings. The van der Waals surface area contributed by atoms with Crippen molar-refractivity contribution in [3.8, 4) is 0 Å². The fourth-order valence-corrected chi connectivity index (χ4v) is 2.27. The van der Waals surface area contributed by atoms with Gasteiger partial charge in [-0.2, -0.15) is 0 Å². The molecule has 2 unspecified atom stereocenters. The van der Waals surface area contributed by atoms with Crippen molar-refractivity contribution >= 4 is 0 Å². The Kier molecular flexibility index (Phi) is 2.51. The average molecular weight is 212 g/mol. The Balaban J connectivity index is 2.53. The Labute approximate surface area is 87.7 Å². The topological polar surface area (TPSA) is 20.2 Å². The molecular weight excluding hydrogens is 198 g/mol. The Morgan fingerprint density at radius 1 is 1.40 bits per heavy atom. The zero-order valence-corrected chi connectivity index (χ0v) is 8.58. The summed E-state index contributed by atoms with van der Waals surface area (Å²) in [7, 11) is 0. The maximum Gasteiger partial charge on any atom is 0.270 e. The van der Waals surface area contributed by atoms with Crippen LogP contribution in [0.25, 0.3) is 0 Å². The van der Waals surface area contributed by atoms with Crippen LogP contribution >= 0.6 is 0 Å². The minimum absolute atomic E-state index is 0.142. The monoisotopic (exact) mass is 212 g/mol. The molecule has 1 N–H and O–H groups in total. The molecule has 3 heteroatoms. The van der Waals surface area contributed by atoms with Crippen LogP contribution in [-0.4, -0.2) is 11.5 Å². The third-order valence-electron chi connectivity index (χ3n) is 3.28. The number of benzene rings is 1. The first-order valence-electron chi connectivity index (χ1n) is 5.15. The van der Waals surface area contributed by atoms with Crippen molar-refractivity contribution in [1.29, 1.82) is 0 Å². The number of hydrogen-bond acceptors (Lipinski definition) is 1. The number of hydrogen-bond donors (Lipinski definition) is 1. The predicted octanol–water partition coefficient (Wildman–Crippen LogP) is 3.04. The van der Waals surface area contributed by atoms with E-state index < -0.39 is 12.0 Å². The Morgan fingerprint density at radius 2 is 2.07 bits per heavy atom. The molecule has 0 fully saturated rings. The quantitative estimate of drug-likeness (QED) is 0.758. The highest BCUT2D eigenvalue weighted by Gasteiger charge is 2.44. The summed E-state index contributed by atoms with van der Waals surface area (Å²) >= 11 is 0. The third kappa shape index (κ3) is 1.55. The standard InChI is InChI=1S/C12H14F2O/c1-8-6-7-12(15,11(13)14)10-5-3-2-4-9(8)10/h2-5,8,11,15H,6-7H2,1H3. The van der Waals surface area contributed by atoms with E-state index in [2.05, 4.69) is 0 Å². The van der Waals surface area contributed by atoms with Crippen molar-refractivity contribution < 1.29 is 13.9 Å². The van der Waals surface area contributed by atoms with Crippen molar-refractivity contribution in [2.75, 3.05) is 0 Å². The first-order valence-corrected chi connectivity index (χ1v) is 5.15. The molecule has 2 atom stereocenters. The van der Waals surface area contributed by atoms with E-state index in [0.717, 1.165) is 5.56 Å². The van der Waals surface area contributed by atoms with Gasteiger partial charge in [0.15, 0.2) is 5.60 Å². The van der Waals surface area contributed by atoms with Gasteiger partial charge in [0.1, 0.15) is 0 Å². The van der Waals surface area contributed by atoms with Crippen molar-refractivity contribution in [3.05, 3.63) is 35.4 Å². The lowest BCUT2D eigenvalue weighted by atomic mass is 9.75. The lowest BCUT2D eigenvalue weighted by Crippen LogP contribution is -2.38. The van der Waals surface area contributed by atoms with E-state index in [1.807, 2.05) is 19.1 Å². The summed E-state index contributed by atoms with van der Waals surface area (Å²) in [6.07, 6.45) is -1.97. The Morgan fingerprint density at radius 3 is 2.73 bits per heavy atom. The fourth-order valence-electron chi connectivity index (χ4n) is 2.27. The molecule has 15 heavy (non-hydrogen) atoms. The first-order chi connectivity index (χ1) is 7.05. The summed E-state index contributed by atoms with van der Waals surface area (Å²) < 4.78 is 25.7. The van der Waals surface area contributed by atoms with E-state index in [1.54, 1.807) is 12.1 Å². The van der Waals surface area contributed by atoms with Crippen molar-refractivity contribution in [2.45, 2.75) is 37.7 Å². The Hall–Kier alpha value is -0.960. The zero-order valence-electron chi connectivity index (χ0n) is 8.58. The highest BCUT2D eigenvalue weighted by molar-refractivity contribution is 5.37. The number of aliphatic hydroxyl groups is 1. The van der Waals surface area contributed by atoms with E-state index in [-0.39, 0.29) is 12.3 Å². The largest absolute Gasteiger partial charge is 0.379 e. The molecule has 0 saturated heterocycles. The van der Waals surface area contributed by atoms with Gasteiger partial charge in [0.25, 0.3) is 6.43 Å². The van der Waals surface area contributed by atoms with Crippen molar-refractivity contribution in [2.24, 2.45) is 0 Å². The van der Waals surface area contributed by atoms with Gasteiger partial charge in [-0.15, -0.1) is 0 Å². The van der Waals surface area contributed by atoms with Gasteiger partial charge in [-0.05, 0) is 29.9 Å². The minimum atomic E-state index is -2.72. The molecule has 0 radical (unpaired) electrons. The van der Waals surface area contributed by atoms with Crippen LogP contribution in [0.15, 0.2) is 24.3 Å². The lowest BCUT2D eigenvalue weighted by molar-refractivity contribution is -0.113. The number of fused-ring (bicyclic) bond motifs is 1. The predicted molar refractivity (Wildman–Crippen MR) is 54.0 cm³/mol. The summed E-state index contributed by atoms with van der Waals surface area (Å²) in [4.78, 5) is 0. The van der Waals surface area contributed by atoms with Gasteiger partial charge in [-0.25, -0.2) is 8.78 Å². The number of alkyl halides is 2. The molecule has 0 aliphatic heterocycles. The van der Waals surface area contributed by atoms with E-state index in [1.165, 1.54) is 0 Å². The summed E-state index contributed by atoms with van der Waals surface area (Å²) in [5.41, 5.74) is -0.686. The normalized spacial score (nSPS) is 30.3. The minimum Gasteiger partial charge on any atom is -0.379 e. The second-order valence-corrected chi connectivity index (χ2v) is 4.25. The molecule has 0 spiro atoms. The molecule has 0 amide bonds.